The lowest BCUT2D eigenvalue weighted by Crippen LogP contribution is -2.49. The van der Waals surface area contributed by atoms with Crippen LogP contribution in [0.25, 0.3) is 0 Å². The number of anilines is 1. The Balaban J connectivity index is 2.79. The fourth-order valence-electron chi connectivity index (χ4n) is 2.69. The molecule has 0 aliphatic rings. The molecule has 9 heteroatoms. The molecule has 1 aromatic carbocycles. The minimum atomic E-state index is -4.68. The summed E-state index contributed by atoms with van der Waals surface area (Å²) in [6, 6.07) is 3.16. The summed E-state index contributed by atoms with van der Waals surface area (Å²) in [5.74, 6) is -2.50. The van der Waals surface area contributed by atoms with Gasteiger partial charge in [-0.3, -0.25) is 9.59 Å². The van der Waals surface area contributed by atoms with Crippen molar-refractivity contribution in [3.63, 3.8) is 0 Å². The number of nitrogens with one attached hydrogen (secondary N) is 1. The largest absolute Gasteiger partial charge is 0.493 e. The average molecular weight is 418 g/mol. The smallest absolute Gasteiger partial charge is 0.420 e. The molecule has 0 bridgehead atoms. The lowest BCUT2D eigenvalue weighted by Gasteiger charge is -2.22. The summed E-state index contributed by atoms with van der Waals surface area (Å²) in [5.41, 5.74) is 2.72. The third kappa shape index (κ3) is 8.72. The van der Waals surface area contributed by atoms with Crippen molar-refractivity contribution in [3.05, 3.63) is 23.8 Å². The van der Waals surface area contributed by atoms with Crippen LogP contribution in [0.3, 0.4) is 0 Å². The standard InChI is InChI=1S/C20H29F3N2O4/c1-3-4-5-6-7-8-11-29-16-10-9-14(12-15(16)20(21,22)23)25-18(28)19(2,24)13-17(26)27/h9-10,12H,3-8,11,13,24H2,1-2H3,(H,25,28)(H,26,27). The highest BCUT2D eigenvalue weighted by molar-refractivity contribution is 5.99. The van der Waals surface area contributed by atoms with E-state index in [-0.39, 0.29) is 18.0 Å². The molecule has 4 N–H and O–H groups in total. The Labute approximate surface area is 168 Å². The molecule has 29 heavy (non-hydrogen) atoms. The number of unbranched alkanes of at least 4 members (excludes halogenated alkanes) is 5. The highest BCUT2D eigenvalue weighted by Gasteiger charge is 2.36. The normalized spacial score (nSPS) is 13.6. The second-order valence-corrected chi connectivity index (χ2v) is 7.27. The summed E-state index contributed by atoms with van der Waals surface area (Å²) < 4.78 is 45.5. The Bertz CT molecular complexity index is 691. The summed E-state index contributed by atoms with van der Waals surface area (Å²) >= 11 is 0. The highest BCUT2D eigenvalue weighted by atomic mass is 19.4. The maximum absolute atomic E-state index is 13.4. The third-order valence-corrected chi connectivity index (χ3v) is 4.34. The quantitative estimate of drug-likeness (QED) is 0.432. The molecule has 0 saturated heterocycles. The van der Waals surface area contributed by atoms with Gasteiger partial charge in [0.05, 0.1) is 18.6 Å². The van der Waals surface area contributed by atoms with E-state index in [9.17, 15) is 22.8 Å². The lowest BCUT2D eigenvalue weighted by atomic mass is 9.98. The van der Waals surface area contributed by atoms with Gasteiger partial charge in [-0.1, -0.05) is 39.0 Å². The zero-order valence-corrected chi connectivity index (χ0v) is 16.8. The molecule has 1 rings (SSSR count). The maximum Gasteiger partial charge on any atom is 0.420 e. The lowest BCUT2D eigenvalue weighted by molar-refractivity contribution is -0.140. The van der Waals surface area contributed by atoms with Crippen LogP contribution in [-0.2, 0) is 15.8 Å². The third-order valence-electron chi connectivity index (χ3n) is 4.34. The van der Waals surface area contributed by atoms with E-state index in [1.807, 2.05) is 0 Å². The number of nitrogens with two attached hydrogens (primary N) is 1. The van der Waals surface area contributed by atoms with Gasteiger partial charge in [0.1, 0.15) is 11.3 Å². The Hall–Kier alpha value is -2.29. The van der Waals surface area contributed by atoms with Crippen molar-refractivity contribution in [1.82, 2.24) is 0 Å². The summed E-state index contributed by atoms with van der Waals surface area (Å²) in [4.78, 5) is 22.9. The monoisotopic (exact) mass is 418 g/mol. The van der Waals surface area contributed by atoms with E-state index in [0.29, 0.717) is 6.42 Å². The summed E-state index contributed by atoms with van der Waals surface area (Å²) in [6.07, 6.45) is 0.570. The first kappa shape index (κ1) is 24.7. The predicted molar refractivity (Wildman–Crippen MR) is 104 cm³/mol. The molecular formula is C20H29F3N2O4. The Morgan fingerprint density at radius 1 is 1.14 bits per heavy atom. The molecule has 1 unspecified atom stereocenters. The molecule has 1 aromatic rings. The molecule has 0 spiro atoms. The van der Waals surface area contributed by atoms with E-state index >= 15 is 0 Å². The van der Waals surface area contributed by atoms with Gasteiger partial charge in [0.15, 0.2) is 0 Å². The molecule has 0 fully saturated rings. The molecule has 0 heterocycles. The molecule has 0 aliphatic carbocycles. The van der Waals surface area contributed by atoms with Crippen LogP contribution in [0.2, 0.25) is 0 Å². The molecule has 6 nitrogen and oxygen atoms in total. The zero-order valence-electron chi connectivity index (χ0n) is 16.8. The summed E-state index contributed by atoms with van der Waals surface area (Å²) in [6.45, 7) is 3.47. The number of hydrogen-bond acceptors (Lipinski definition) is 4. The van der Waals surface area contributed by atoms with Gasteiger partial charge in [0.25, 0.3) is 0 Å². The number of carboxylic acids is 1. The fourth-order valence-corrected chi connectivity index (χ4v) is 2.69. The van der Waals surface area contributed by atoms with Crippen molar-refractivity contribution in [2.24, 2.45) is 5.73 Å². The topological polar surface area (TPSA) is 102 Å². The van der Waals surface area contributed by atoms with E-state index < -0.39 is 35.6 Å². The molecule has 164 valence electrons. The number of carbonyl (C=O) groups is 2. The van der Waals surface area contributed by atoms with Gasteiger partial charge in [0.2, 0.25) is 5.91 Å². The highest BCUT2D eigenvalue weighted by Crippen LogP contribution is 2.38. The minimum Gasteiger partial charge on any atom is -0.493 e. The number of aliphatic carboxylic acids is 1. The first-order chi connectivity index (χ1) is 13.5. The van der Waals surface area contributed by atoms with E-state index in [1.54, 1.807) is 0 Å². The Morgan fingerprint density at radius 2 is 1.76 bits per heavy atom. The molecule has 1 atom stereocenters. The number of halogens is 3. The second-order valence-electron chi connectivity index (χ2n) is 7.27. The van der Waals surface area contributed by atoms with Crippen LogP contribution in [0, 0.1) is 0 Å². The van der Waals surface area contributed by atoms with Gasteiger partial charge in [-0.25, -0.2) is 0 Å². The molecule has 0 aliphatic heterocycles. The van der Waals surface area contributed by atoms with Gasteiger partial charge in [-0.2, -0.15) is 13.2 Å². The van der Waals surface area contributed by atoms with Crippen LogP contribution in [0.1, 0.15) is 64.4 Å². The number of carboxylic acid groups (broad SMARTS) is 1. The van der Waals surface area contributed by atoms with Gasteiger partial charge < -0.3 is 20.9 Å². The molecular weight excluding hydrogens is 389 g/mol. The number of ether oxygens (including phenoxy) is 1. The molecule has 0 radical (unpaired) electrons. The van der Waals surface area contributed by atoms with Crippen molar-refractivity contribution in [2.75, 3.05) is 11.9 Å². The van der Waals surface area contributed by atoms with Crippen LogP contribution in [0.15, 0.2) is 18.2 Å². The van der Waals surface area contributed by atoms with Crippen molar-refractivity contribution in [1.29, 1.82) is 0 Å². The predicted octanol–water partition coefficient (Wildman–Crippen LogP) is 4.58. The van der Waals surface area contributed by atoms with Gasteiger partial charge in [-0.05, 0) is 31.5 Å². The Kier molecular flexibility index (Phi) is 9.42. The van der Waals surface area contributed by atoms with Crippen molar-refractivity contribution in [3.8, 4) is 5.75 Å². The van der Waals surface area contributed by atoms with Gasteiger partial charge >= 0.3 is 12.1 Å². The number of alkyl halides is 3. The number of rotatable bonds is 12. The van der Waals surface area contributed by atoms with Crippen molar-refractivity contribution in [2.45, 2.75) is 70.5 Å². The van der Waals surface area contributed by atoms with E-state index in [1.165, 1.54) is 13.0 Å². The minimum absolute atomic E-state index is 0.142. The van der Waals surface area contributed by atoms with Crippen molar-refractivity contribution >= 4 is 17.6 Å². The molecule has 1 amide bonds. The van der Waals surface area contributed by atoms with Crippen LogP contribution >= 0.6 is 0 Å². The number of amides is 1. The van der Waals surface area contributed by atoms with Crippen LogP contribution < -0.4 is 15.8 Å². The molecule has 0 aromatic heterocycles. The average Bonchev–Trinajstić information content (AvgIpc) is 2.59. The fraction of sp³-hybridized carbons (Fsp3) is 0.600. The number of hydrogen-bond donors (Lipinski definition) is 3. The van der Waals surface area contributed by atoms with E-state index in [4.69, 9.17) is 15.6 Å². The number of carbonyl (C=O) groups excluding carboxylic acids is 1. The van der Waals surface area contributed by atoms with Gasteiger partial charge in [0, 0.05) is 5.69 Å². The first-order valence-electron chi connectivity index (χ1n) is 9.63. The van der Waals surface area contributed by atoms with E-state index in [2.05, 4.69) is 12.2 Å². The van der Waals surface area contributed by atoms with Crippen LogP contribution in [-0.4, -0.2) is 29.1 Å². The molecule has 0 saturated carbocycles. The first-order valence-corrected chi connectivity index (χ1v) is 9.63. The van der Waals surface area contributed by atoms with Crippen LogP contribution in [0.5, 0.6) is 5.75 Å². The number of benzene rings is 1. The second kappa shape index (κ2) is 11.0. The SMILES string of the molecule is CCCCCCCCOc1ccc(NC(=O)C(C)(N)CC(=O)O)cc1C(F)(F)F. The van der Waals surface area contributed by atoms with Gasteiger partial charge in [-0.15, -0.1) is 0 Å². The Morgan fingerprint density at radius 3 is 2.34 bits per heavy atom. The zero-order chi connectivity index (χ0) is 22.1. The van der Waals surface area contributed by atoms with Crippen LogP contribution in [0.4, 0.5) is 18.9 Å². The summed E-state index contributed by atoms with van der Waals surface area (Å²) in [7, 11) is 0. The van der Waals surface area contributed by atoms with E-state index in [0.717, 1.165) is 44.2 Å². The summed E-state index contributed by atoms with van der Waals surface area (Å²) in [5, 5.41) is 11.0. The van der Waals surface area contributed by atoms with Crippen molar-refractivity contribution < 1.29 is 32.6 Å². The maximum atomic E-state index is 13.4.